The van der Waals surface area contributed by atoms with Crippen molar-refractivity contribution >= 4 is 18.0 Å². The van der Waals surface area contributed by atoms with Gasteiger partial charge in [-0.05, 0) is 40.5 Å². The first-order valence-electron chi connectivity index (χ1n) is 11.8. The van der Waals surface area contributed by atoms with E-state index in [9.17, 15) is 19.5 Å². The molecule has 0 radical (unpaired) electrons. The van der Waals surface area contributed by atoms with E-state index in [0.717, 1.165) is 35.1 Å². The summed E-state index contributed by atoms with van der Waals surface area (Å²) in [7, 11) is 0. The van der Waals surface area contributed by atoms with Gasteiger partial charge < -0.3 is 20.5 Å². The minimum atomic E-state index is -1.27. The Bertz CT molecular complexity index is 1050. The van der Waals surface area contributed by atoms with Crippen LogP contribution in [-0.4, -0.2) is 41.3 Å². The second kappa shape index (κ2) is 9.12. The van der Waals surface area contributed by atoms with Crippen LogP contribution in [-0.2, 0) is 14.3 Å². The summed E-state index contributed by atoms with van der Waals surface area (Å²) < 4.78 is 5.61. The van der Waals surface area contributed by atoms with Crippen molar-refractivity contribution in [3.8, 4) is 11.1 Å². The lowest BCUT2D eigenvalue weighted by atomic mass is 9.85. The van der Waals surface area contributed by atoms with Crippen molar-refractivity contribution in [3.05, 3.63) is 59.7 Å². The number of hydrogen-bond acceptors (Lipinski definition) is 4. The Labute approximate surface area is 199 Å². The molecule has 2 aliphatic carbocycles. The maximum Gasteiger partial charge on any atom is 0.407 e. The SMILES string of the molecule is CC(C)(C)[C@@H](NC(=O)OCC1c2ccccc2-c2ccccc21)C(=O)NC1(C(=O)O)CCCC1. The molecule has 2 amide bonds. The quantitative estimate of drug-likeness (QED) is 0.586. The number of hydrogen-bond donors (Lipinski definition) is 3. The molecular weight excluding hydrogens is 432 g/mol. The zero-order chi connectivity index (χ0) is 24.5. The monoisotopic (exact) mass is 464 g/mol. The van der Waals surface area contributed by atoms with Crippen LogP contribution in [0.5, 0.6) is 0 Å². The number of fused-ring (bicyclic) bond motifs is 3. The first-order chi connectivity index (χ1) is 16.1. The molecular formula is C27H32N2O5. The minimum Gasteiger partial charge on any atom is -0.480 e. The summed E-state index contributed by atoms with van der Waals surface area (Å²) in [5.74, 6) is -1.63. The molecule has 2 aromatic rings. The van der Waals surface area contributed by atoms with Gasteiger partial charge in [0.1, 0.15) is 18.2 Å². The number of ether oxygens (including phenoxy) is 1. The molecule has 7 nitrogen and oxygen atoms in total. The van der Waals surface area contributed by atoms with Crippen molar-refractivity contribution < 1.29 is 24.2 Å². The molecule has 1 saturated carbocycles. The van der Waals surface area contributed by atoms with Gasteiger partial charge in [-0.3, -0.25) is 4.79 Å². The van der Waals surface area contributed by atoms with E-state index in [-0.39, 0.29) is 12.5 Å². The molecule has 0 heterocycles. The Hall–Kier alpha value is -3.35. The van der Waals surface area contributed by atoms with Gasteiger partial charge in [-0.15, -0.1) is 0 Å². The summed E-state index contributed by atoms with van der Waals surface area (Å²) in [5, 5.41) is 15.1. The van der Waals surface area contributed by atoms with Gasteiger partial charge in [0.15, 0.2) is 0 Å². The van der Waals surface area contributed by atoms with E-state index in [1.165, 1.54) is 0 Å². The largest absolute Gasteiger partial charge is 0.480 e. The second-order valence-electron chi connectivity index (χ2n) is 10.4. The van der Waals surface area contributed by atoms with Crippen LogP contribution in [0.15, 0.2) is 48.5 Å². The van der Waals surface area contributed by atoms with Crippen molar-refractivity contribution in [2.24, 2.45) is 5.41 Å². The van der Waals surface area contributed by atoms with Crippen molar-refractivity contribution in [2.75, 3.05) is 6.61 Å². The molecule has 2 aromatic carbocycles. The zero-order valence-electron chi connectivity index (χ0n) is 19.9. The number of nitrogens with one attached hydrogen (secondary N) is 2. The summed E-state index contributed by atoms with van der Waals surface area (Å²) in [4.78, 5) is 37.8. The van der Waals surface area contributed by atoms with Gasteiger partial charge >= 0.3 is 12.1 Å². The average Bonchev–Trinajstić information content (AvgIpc) is 3.39. The fourth-order valence-electron chi connectivity index (χ4n) is 5.11. The molecule has 180 valence electrons. The number of carbonyl (C=O) groups is 3. The Morgan fingerprint density at radius 1 is 1.00 bits per heavy atom. The lowest BCUT2D eigenvalue weighted by Crippen LogP contribution is -2.61. The summed E-state index contributed by atoms with van der Waals surface area (Å²) in [6.45, 7) is 5.60. The van der Waals surface area contributed by atoms with Gasteiger partial charge in [0, 0.05) is 5.92 Å². The van der Waals surface area contributed by atoms with E-state index in [1.54, 1.807) is 0 Å². The fraction of sp³-hybridized carbons (Fsp3) is 0.444. The number of carbonyl (C=O) groups excluding carboxylic acids is 2. The molecule has 7 heteroatoms. The van der Waals surface area contributed by atoms with Crippen molar-refractivity contribution in [1.82, 2.24) is 10.6 Å². The van der Waals surface area contributed by atoms with Crippen LogP contribution in [0, 0.1) is 5.41 Å². The molecule has 3 N–H and O–H groups in total. The average molecular weight is 465 g/mol. The summed E-state index contributed by atoms with van der Waals surface area (Å²) in [6, 6.07) is 15.2. The number of rotatable bonds is 6. The standard InChI is InChI=1S/C27H32N2O5/c1-26(2,3)22(23(30)29-27(24(31)32)14-8-9-15-27)28-25(33)34-16-21-19-12-6-4-10-17(19)18-11-5-7-13-20(18)21/h4-7,10-13,21-22H,8-9,14-16H2,1-3H3,(H,28,33)(H,29,30)(H,31,32)/t22-/m0/s1. The molecule has 4 rings (SSSR count). The smallest absolute Gasteiger partial charge is 0.407 e. The first kappa shape index (κ1) is 23.8. The normalized spacial score (nSPS) is 17.4. The highest BCUT2D eigenvalue weighted by molar-refractivity contribution is 5.92. The van der Waals surface area contributed by atoms with Crippen molar-refractivity contribution in [3.63, 3.8) is 0 Å². The molecule has 0 spiro atoms. The zero-order valence-corrected chi connectivity index (χ0v) is 19.9. The maximum absolute atomic E-state index is 13.1. The third kappa shape index (κ3) is 4.52. The van der Waals surface area contributed by atoms with Gasteiger partial charge in [0.25, 0.3) is 0 Å². The molecule has 34 heavy (non-hydrogen) atoms. The van der Waals surface area contributed by atoms with Gasteiger partial charge in [0.05, 0.1) is 0 Å². The van der Waals surface area contributed by atoms with E-state index >= 15 is 0 Å². The highest BCUT2D eigenvalue weighted by atomic mass is 16.5. The lowest BCUT2D eigenvalue weighted by molar-refractivity contribution is -0.148. The van der Waals surface area contributed by atoms with Crippen molar-refractivity contribution in [1.29, 1.82) is 0 Å². The summed E-state index contributed by atoms with van der Waals surface area (Å²) in [5.41, 5.74) is 2.55. The molecule has 0 saturated heterocycles. The number of aliphatic carboxylic acids is 1. The van der Waals surface area contributed by atoms with E-state index in [2.05, 4.69) is 22.8 Å². The van der Waals surface area contributed by atoms with Gasteiger partial charge in [-0.25, -0.2) is 9.59 Å². The lowest BCUT2D eigenvalue weighted by Gasteiger charge is -2.34. The number of amides is 2. The molecule has 0 bridgehead atoms. The predicted octanol–water partition coefficient (Wildman–Crippen LogP) is 4.45. The van der Waals surface area contributed by atoms with Gasteiger partial charge in [-0.1, -0.05) is 82.1 Å². The van der Waals surface area contributed by atoms with Crippen LogP contribution in [0.3, 0.4) is 0 Å². The Kier molecular flexibility index (Phi) is 6.39. The topological polar surface area (TPSA) is 105 Å². The maximum atomic E-state index is 13.1. The number of carboxylic acids is 1. The molecule has 1 atom stereocenters. The van der Waals surface area contributed by atoms with E-state index in [0.29, 0.717) is 12.8 Å². The minimum absolute atomic E-state index is 0.0890. The van der Waals surface area contributed by atoms with E-state index in [1.807, 2.05) is 57.2 Å². The van der Waals surface area contributed by atoms with E-state index in [4.69, 9.17) is 4.74 Å². The summed E-state index contributed by atoms with van der Waals surface area (Å²) >= 11 is 0. The number of benzene rings is 2. The second-order valence-corrected chi connectivity index (χ2v) is 10.4. The van der Waals surface area contributed by atoms with Gasteiger partial charge in [0.2, 0.25) is 5.91 Å². The van der Waals surface area contributed by atoms with Crippen LogP contribution < -0.4 is 10.6 Å². The molecule has 2 aliphatic rings. The van der Waals surface area contributed by atoms with Crippen molar-refractivity contribution in [2.45, 2.75) is 64.0 Å². The van der Waals surface area contributed by atoms with Gasteiger partial charge in [-0.2, -0.15) is 0 Å². The number of carboxylic acid groups (broad SMARTS) is 1. The van der Waals surface area contributed by atoms with Crippen LogP contribution >= 0.6 is 0 Å². The Morgan fingerprint density at radius 2 is 1.53 bits per heavy atom. The molecule has 0 aliphatic heterocycles. The molecule has 0 unspecified atom stereocenters. The third-order valence-electron chi connectivity index (χ3n) is 6.96. The number of alkyl carbamates (subject to hydrolysis) is 1. The highest BCUT2D eigenvalue weighted by Gasteiger charge is 2.45. The fourth-order valence-corrected chi connectivity index (χ4v) is 5.11. The first-order valence-corrected chi connectivity index (χ1v) is 11.8. The third-order valence-corrected chi connectivity index (χ3v) is 6.96. The van der Waals surface area contributed by atoms with E-state index < -0.39 is 35.0 Å². The van der Waals surface area contributed by atoms with Crippen LogP contribution in [0.2, 0.25) is 0 Å². The Morgan fingerprint density at radius 3 is 2.03 bits per heavy atom. The summed E-state index contributed by atoms with van der Waals surface area (Å²) in [6.07, 6.45) is 1.55. The Balaban J connectivity index is 1.45. The van der Waals surface area contributed by atoms with Crippen LogP contribution in [0.4, 0.5) is 4.79 Å². The van der Waals surface area contributed by atoms with Crippen LogP contribution in [0.25, 0.3) is 11.1 Å². The predicted molar refractivity (Wildman–Crippen MR) is 128 cm³/mol. The highest BCUT2D eigenvalue weighted by Crippen LogP contribution is 2.44. The molecule has 1 fully saturated rings. The van der Waals surface area contributed by atoms with Crippen LogP contribution in [0.1, 0.15) is 63.5 Å². The molecule has 0 aromatic heterocycles.